The van der Waals surface area contributed by atoms with Gasteiger partial charge < -0.3 is 19.3 Å². The van der Waals surface area contributed by atoms with Crippen molar-refractivity contribution in [2.45, 2.75) is 76.3 Å². The van der Waals surface area contributed by atoms with Gasteiger partial charge in [-0.3, -0.25) is 9.59 Å². The van der Waals surface area contributed by atoms with E-state index in [1.54, 1.807) is 0 Å². The van der Waals surface area contributed by atoms with Crippen LogP contribution < -0.4 is 0 Å². The second-order valence-electron chi connectivity index (χ2n) is 10.6. The van der Waals surface area contributed by atoms with Gasteiger partial charge in [-0.2, -0.15) is 0 Å². The van der Waals surface area contributed by atoms with Crippen molar-refractivity contribution in [2.24, 2.45) is 0 Å². The predicted molar refractivity (Wildman–Crippen MR) is 159 cm³/mol. The van der Waals surface area contributed by atoms with E-state index in [0.29, 0.717) is 38.1 Å². The molecule has 0 amide bonds. The molecule has 2 aliphatic heterocycles. The summed E-state index contributed by atoms with van der Waals surface area (Å²) in [4.78, 5) is 28.2. The van der Waals surface area contributed by atoms with Gasteiger partial charge in [0.15, 0.2) is 0 Å². The van der Waals surface area contributed by atoms with Crippen LogP contribution in [-0.4, -0.2) is 74.2 Å². The molecule has 2 saturated heterocycles. The molecule has 2 aromatic carbocycles. The molecular formula is C32H47ClN2O4. The zero-order valence-corrected chi connectivity index (χ0v) is 24.6. The maximum Gasteiger partial charge on any atom is 0.310 e. The van der Waals surface area contributed by atoms with E-state index in [4.69, 9.17) is 9.47 Å². The van der Waals surface area contributed by atoms with Gasteiger partial charge in [0.25, 0.3) is 0 Å². The maximum absolute atomic E-state index is 11.7. The number of nitrogens with zero attached hydrogens (tertiary/aromatic N) is 2. The highest BCUT2D eigenvalue weighted by molar-refractivity contribution is 5.85. The Labute approximate surface area is 241 Å². The normalized spacial score (nSPS) is 19.6. The van der Waals surface area contributed by atoms with Crippen LogP contribution in [-0.2, 0) is 31.9 Å². The summed E-state index contributed by atoms with van der Waals surface area (Å²) in [6, 6.07) is 20.7. The molecule has 2 unspecified atom stereocenters. The second kappa shape index (κ2) is 18.8. The van der Waals surface area contributed by atoms with Gasteiger partial charge in [0.1, 0.15) is 0 Å². The fourth-order valence-electron chi connectivity index (χ4n) is 5.26. The quantitative estimate of drug-likeness (QED) is 0.348. The minimum atomic E-state index is -0.121. The number of carbonyl (C=O) groups excluding carboxylic acids is 2. The first-order valence-electron chi connectivity index (χ1n) is 14.3. The summed E-state index contributed by atoms with van der Waals surface area (Å²) < 4.78 is 10.7. The topological polar surface area (TPSA) is 59.1 Å². The molecule has 4 rings (SSSR count). The molecule has 6 nitrogen and oxygen atoms in total. The van der Waals surface area contributed by atoms with Crippen molar-refractivity contribution in [3.05, 3.63) is 71.8 Å². The van der Waals surface area contributed by atoms with E-state index in [1.165, 1.54) is 51.6 Å². The average Bonchev–Trinajstić information content (AvgIpc) is 2.92. The van der Waals surface area contributed by atoms with Gasteiger partial charge >= 0.3 is 11.9 Å². The molecule has 7 heteroatoms. The van der Waals surface area contributed by atoms with Crippen LogP contribution in [0.25, 0.3) is 0 Å². The molecule has 0 spiro atoms. The van der Waals surface area contributed by atoms with Gasteiger partial charge in [-0.25, -0.2) is 0 Å². The van der Waals surface area contributed by atoms with E-state index in [9.17, 15) is 9.59 Å². The van der Waals surface area contributed by atoms with Crippen molar-refractivity contribution in [2.75, 3.05) is 40.4 Å². The molecule has 0 N–H and O–H groups in total. The number of halogens is 1. The van der Waals surface area contributed by atoms with Gasteiger partial charge in [0.2, 0.25) is 0 Å². The molecule has 39 heavy (non-hydrogen) atoms. The number of ether oxygens (including phenoxy) is 2. The Morgan fingerprint density at radius 1 is 0.667 bits per heavy atom. The number of carbonyl (C=O) groups is 2. The zero-order chi connectivity index (χ0) is 27.0. The van der Waals surface area contributed by atoms with Crippen molar-refractivity contribution in [1.29, 1.82) is 0 Å². The molecule has 0 saturated carbocycles. The molecule has 216 valence electrons. The van der Waals surface area contributed by atoms with E-state index >= 15 is 0 Å². The number of benzene rings is 2. The molecule has 2 atom stereocenters. The minimum Gasteiger partial charge on any atom is -0.465 e. The summed E-state index contributed by atoms with van der Waals surface area (Å²) in [5, 5.41) is 0. The minimum absolute atomic E-state index is 0. The van der Waals surface area contributed by atoms with E-state index < -0.39 is 0 Å². The van der Waals surface area contributed by atoms with Crippen molar-refractivity contribution in [1.82, 2.24) is 9.80 Å². The molecule has 2 heterocycles. The van der Waals surface area contributed by atoms with Crippen molar-refractivity contribution >= 4 is 24.3 Å². The number of hydrogen-bond acceptors (Lipinski definition) is 6. The van der Waals surface area contributed by atoms with Crippen LogP contribution in [0, 0.1) is 0 Å². The molecular weight excluding hydrogens is 512 g/mol. The van der Waals surface area contributed by atoms with E-state index in [0.717, 1.165) is 24.0 Å². The highest BCUT2D eigenvalue weighted by atomic mass is 35.5. The summed E-state index contributed by atoms with van der Waals surface area (Å²) in [6.07, 6.45) is 10.3. The van der Waals surface area contributed by atoms with E-state index in [1.807, 2.05) is 60.7 Å². The zero-order valence-electron chi connectivity index (χ0n) is 23.8. The SMILES string of the molecule is CN1CCCCC1CCOC(=O)Cc1ccccc1.CN1CCCCC1CCOC(=O)Cc1ccccc1.Cl. The van der Waals surface area contributed by atoms with Gasteiger partial charge in [-0.1, -0.05) is 73.5 Å². The van der Waals surface area contributed by atoms with E-state index in [2.05, 4.69) is 23.9 Å². The third-order valence-corrected chi connectivity index (χ3v) is 7.65. The molecule has 2 fully saturated rings. The summed E-state index contributed by atoms with van der Waals surface area (Å²) >= 11 is 0. The first-order chi connectivity index (χ1) is 18.5. The lowest BCUT2D eigenvalue weighted by molar-refractivity contribution is -0.144. The molecule has 0 bridgehead atoms. The Morgan fingerprint density at radius 3 is 1.41 bits per heavy atom. The number of piperidine rings is 2. The molecule has 0 aromatic heterocycles. The van der Waals surface area contributed by atoms with Crippen molar-refractivity contribution in [3.63, 3.8) is 0 Å². The number of rotatable bonds is 10. The van der Waals surface area contributed by atoms with Gasteiger partial charge in [0.05, 0.1) is 26.1 Å². The Hall–Kier alpha value is -2.41. The van der Waals surface area contributed by atoms with Gasteiger partial charge in [-0.05, 0) is 76.8 Å². The van der Waals surface area contributed by atoms with Gasteiger partial charge in [0, 0.05) is 12.1 Å². The predicted octanol–water partition coefficient (Wildman–Crippen LogP) is 5.72. The lowest BCUT2D eigenvalue weighted by atomic mass is 10.0. The van der Waals surface area contributed by atoms with Crippen molar-refractivity contribution in [3.8, 4) is 0 Å². The molecule has 2 aliphatic rings. The Bertz CT molecular complexity index is 866. The van der Waals surface area contributed by atoms with Crippen LogP contribution in [0.3, 0.4) is 0 Å². The van der Waals surface area contributed by atoms with Gasteiger partial charge in [-0.15, -0.1) is 12.4 Å². The van der Waals surface area contributed by atoms with Crippen LogP contribution in [0.5, 0.6) is 0 Å². The Balaban J connectivity index is 0.000000267. The van der Waals surface area contributed by atoms with Crippen LogP contribution in [0.15, 0.2) is 60.7 Å². The van der Waals surface area contributed by atoms with Crippen LogP contribution >= 0.6 is 12.4 Å². The summed E-state index contributed by atoms with van der Waals surface area (Å²) in [5.41, 5.74) is 2.03. The number of esters is 2. The highest BCUT2D eigenvalue weighted by Gasteiger charge is 2.20. The van der Waals surface area contributed by atoms with Crippen molar-refractivity contribution < 1.29 is 19.1 Å². The molecule has 0 radical (unpaired) electrons. The Kier molecular flexibility index (Phi) is 15.8. The number of hydrogen-bond donors (Lipinski definition) is 0. The standard InChI is InChI=1S/2C16H23NO2.ClH/c2*1-17-11-6-5-9-15(17)10-12-19-16(18)13-14-7-3-2-4-8-14;/h2*2-4,7-8,15H,5-6,9-13H2,1H3;1H. The summed E-state index contributed by atoms with van der Waals surface area (Å²) in [6.45, 7) is 3.42. The number of likely N-dealkylation sites (tertiary alicyclic amines) is 2. The second-order valence-corrected chi connectivity index (χ2v) is 10.6. The third-order valence-electron chi connectivity index (χ3n) is 7.65. The maximum atomic E-state index is 11.7. The molecule has 2 aromatic rings. The van der Waals surface area contributed by atoms with Crippen LogP contribution in [0.1, 0.15) is 62.5 Å². The lowest BCUT2D eigenvalue weighted by Gasteiger charge is -2.32. The fraction of sp³-hybridized carbons (Fsp3) is 0.562. The third kappa shape index (κ3) is 13.0. The first kappa shape index (κ1) is 32.8. The summed E-state index contributed by atoms with van der Waals surface area (Å²) in [7, 11) is 4.32. The van der Waals surface area contributed by atoms with Crippen LogP contribution in [0.4, 0.5) is 0 Å². The van der Waals surface area contributed by atoms with Crippen LogP contribution in [0.2, 0.25) is 0 Å². The average molecular weight is 559 g/mol. The lowest BCUT2D eigenvalue weighted by Crippen LogP contribution is -2.37. The Morgan fingerprint density at radius 2 is 1.05 bits per heavy atom. The van der Waals surface area contributed by atoms with E-state index in [-0.39, 0.29) is 24.3 Å². The fourth-order valence-corrected chi connectivity index (χ4v) is 5.26. The highest BCUT2D eigenvalue weighted by Crippen LogP contribution is 2.18. The largest absolute Gasteiger partial charge is 0.465 e. The smallest absolute Gasteiger partial charge is 0.310 e. The molecule has 0 aliphatic carbocycles. The first-order valence-corrected chi connectivity index (χ1v) is 14.3. The monoisotopic (exact) mass is 558 g/mol. The summed E-state index contributed by atoms with van der Waals surface area (Å²) in [5.74, 6) is -0.241.